The molecule has 0 radical (unpaired) electrons. The average Bonchev–Trinajstić information content (AvgIpc) is 3.28. The Labute approximate surface area is 123 Å². The predicted octanol–water partition coefficient (Wildman–Crippen LogP) is 2.31. The third kappa shape index (κ3) is 2.27. The molecular weight excluding hydrogens is 262 g/mol. The number of benzene rings is 1. The minimum Gasteiger partial charge on any atom is -0.350 e. The fourth-order valence-corrected chi connectivity index (χ4v) is 2.77. The predicted molar refractivity (Wildman–Crippen MR) is 81.7 cm³/mol. The molecule has 2 heterocycles. The zero-order valence-electron chi connectivity index (χ0n) is 11.7. The Hall–Kier alpha value is -2.36. The van der Waals surface area contributed by atoms with Gasteiger partial charge in [-0.3, -0.25) is 9.79 Å². The highest BCUT2D eigenvalue weighted by Gasteiger charge is 2.29. The van der Waals surface area contributed by atoms with Crippen molar-refractivity contribution in [3.05, 3.63) is 53.9 Å². The van der Waals surface area contributed by atoms with Gasteiger partial charge in [-0.1, -0.05) is 18.2 Å². The standard InChI is InChI=1S/C17H17N3O/c21-17(12-7-8-12)19-11-14-16-6-3-9-20(16)15-5-2-1-4-13(15)10-18-14/h1-6,9,12H,7-8,10-11H2,(H,19,21). The van der Waals surface area contributed by atoms with Crippen molar-refractivity contribution >= 4 is 11.6 Å². The summed E-state index contributed by atoms with van der Waals surface area (Å²) in [7, 11) is 0. The van der Waals surface area contributed by atoms with Crippen molar-refractivity contribution in [3.63, 3.8) is 0 Å². The first-order chi connectivity index (χ1) is 10.3. The van der Waals surface area contributed by atoms with Gasteiger partial charge in [0.05, 0.1) is 30.2 Å². The molecule has 1 fully saturated rings. The molecule has 1 aromatic heterocycles. The van der Waals surface area contributed by atoms with Gasteiger partial charge in [-0.15, -0.1) is 0 Å². The summed E-state index contributed by atoms with van der Waals surface area (Å²) in [5, 5.41) is 3.02. The number of aliphatic imine (C=N–C) groups is 1. The van der Waals surface area contributed by atoms with Crippen LogP contribution in [0.15, 0.2) is 47.6 Å². The van der Waals surface area contributed by atoms with E-state index in [4.69, 9.17) is 4.99 Å². The highest BCUT2D eigenvalue weighted by molar-refractivity contribution is 6.03. The molecule has 106 valence electrons. The van der Waals surface area contributed by atoms with Crippen LogP contribution in [-0.4, -0.2) is 22.7 Å². The molecule has 4 heteroatoms. The number of nitrogens with zero attached hydrogens (tertiary/aromatic N) is 2. The molecule has 0 saturated heterocycles. The summed E-state index contributed by atoms with van der Waals surface area (Å²) >= 11 is 0. The second-order valence-corrected chi connectivity index (χ2v) is 5.65. The number of carbonyl (C=O) groups is 1. The van der Waals surface area contributed by atoms with Crippen molar-refractivity contribution in [2.45, 2.75) is 19.4 Å². The first-order valence-electron chi connectivity index (χ1n) is 7.40. The third-order valence-electron chi connectivity index (χ3n) is 4.11. The summed E-state index contributed by atoms with van der Waals surface area (Å²) in [5.74, 6) is 0.401. The second kappa shape index (κ2) is 4.88. The number of rotatable bonds is 3. The molecule has 2 aliphatic rings. The Bertz CT molecular complexity index is 725. The van der Waals surface area contributed by atoms with Crippen molar-refractivity contribution in [3.8, 4) is 5.69 Å². The van der Waals surface area contributed by atoms with E-state index in [2.05, 4.69) is 34.3 Å². The minimum atomic E-state index is 0.164. The van der Waals surface area contributed by atoms with Crippen molar-refractivity contribution in [1.29, 1.82) is 0 Å². The van der Waals surface area contributed by atoms with Crippen molar-refractivity contribution < 1.29 is 4.79 Å². The molecule has 1 aromatic carbocycles. The number of hydrogen-bond acceptors (Lipinski definition) is 2. The minimum absolute atomic E-state index is 0.164. The van der Waals surface area contributed by atoms with Gasteiger partial charge in [0.1, 0.15) is 0 Å². The smallest absolute Gasteiger partial charge is 0.223 e. The van der Waals surface area contributed by atoms with Crippen molar-refractivity contribution in [2.24, 2.45) is 10.9 Å². The fourth-order valence-electron chi connectivity index (χ4n) is 2.77. The number of fused-ring (bicyclic) bond motifs is 3. The SMILES string of the molecule is O=C(NCC1=NCc2ccccc2-n2cccc21)C1CC1. The molecule has 0 atom stereocenters. The van der Waals surface area contributed by atoms with E-state index < -0.39 is 0 Å². The lowest BCUT2D eigenvalue weighted by atomic mass is 10.2. The van der Waals surface area contributed by atoms with Crippen LogP contribution >= 0.6 is 0 Å². The quantitative estimate of drug-likeness (QED) is 0.920. The van der Waals surface area contributed by atoms with Gasteiger partial charge in [-0.05, 0) is 36.6 Å². The van der Waals surface area contributed by atoms with E-state index in [1.807, 2.05) is 18.2 Å². The summed E-state index contributed by atoms with van der Waals surface area (Å²) in [6, 6.07) is 12.4. The van der Waals surface area contributed by atoms with Crippen LogP contribution < -0.4 is 5.32 Å². The Morgan fingerprint density at radius 3 is 2.95 bits per heavy atom. The normalized spacial score (nSPS) is 16.5. The van der Waals surface area contributed by atoms with Crippen LogP contribution in [-0.2, 0) is 11.3 Å². The molecule has 2 aromatic rings. The zero-order chi connectivity index (χ0) is 14.2. The second-order valence-electron chi connectivity index (χ2n) is 5.65. The van der Waals surface area contributed by atoms with E-state index in [9.17, 15) is 4.79 Å². The van der Waals surface area contributed by atoms with Gasteiger partial charge in [0.15, 0.2) is 0 Å². The average molecular weight is 279 g/mol. The summed E-state index contributed by atoms with van der Waals surface area (Å²) in [4.78, 5) is 16.5. The first-order valence-corrected chi connectivity index (χ1v) is 7.40. The molecule has 4 rings (SSSR count). The lowest BCUT2D eigenvalue weighted by molar-refractivity contribution is -0.121. The van der Waals surface area contributed by atoms with E-state index in [1.54, 1.807) is 0 Å². The molecule has 1 N–H and O–H groups in total. The Morgan fingerprint density at radius 2 is 2.10 bits per heavy atom. The number of nitrogens with one attached hydrogen (secondary N) is 1. The molecule has 1 aliphatic carbocycles. The van der Waals surface area contributed by atoms with Crippen LogP contribution in [0.4, 0.5) is 0 Å². The van der Waals surface area contributed by atoms with E-state index in [0.717, 1.165) is 24.2 Å². The van der Waals surface area contributed by atoms with E-state index in [0.29, 0.717) is 13.1 Å². The molecular formula is C17H17N3O. The first kappa shape index (κ1) is 12.4. The lowest BCUT2D eigenvalue weighted by Crippen LogP contribution is -2.31. The molecule has 21 heavy (non-hydrogen) atoms. The van der Waals surface area contributed by atoms with Crippen LogP contribution in [0.3, 0.4) is 0 Å². The van der Waals surface area contributed by atoms with Gasteiger partial charge in [0, 0.05) is 12.1 Å². The van der Waals surface area contributed by atoms with Crippen molar-refractivity contribution in [1.82, 2.24) is 9.88 Å². The van der Waals surface area contributed by atoms with Gasteiger partial charge < -0.3 is 9.88 Å². The van der Waals surface area contributed by atoms with Gasteiger partial charge in [0.2, 0.25) is 5.91 Å². The Morgan fingerprint density at radius 1 is 1.24 bits per heavy atom. The summed E-state index contributed by atoms with van der Waals surface area (Å²) < 4.78 is 2.16. The topological polar surface area (TPSA) is 46.4 Å². The van der Waals surface area contributed by atoms with E-state index in [-0.39, 0.29) is 11.8 Å². The monoisotopic (exact) mass is 279 g/mol. The van der Waals surface area contributed by atoms with Gasteiger partial charge >= 0.3 is 0 Å². The molecule has 0 spiro atoms. The van der Waals surface area contributed by atoms with Gasteiger partial charge in [-0.25, -0.2) is 0 Å². The van der Waals surface area contributed by atoms with E-state index >= 15 is 0 Å². The number of hydrogen-bond donors (Lipinski definition) is 1. The van der Waals surface area contributed by atoms with Gasteiger partial charge in [-0.2, -0.15) is 0 Å². The van der Waals surface area contributed by atoms with Crippen LogP contribution in [0.2, 0.25) is 0 Å². The summed E-state index contributed by atoms with van der Waals surface area (Å²) in [6.07, 6.45) is 4.11. The molecule has 1 saturated carbocycles. The maximum atomic E-state index is 11.8. The fraction of sp³-hybridized carbons (Fsp3) is 0.294. The van der Waals surface area contributed by atoms with Crippen LogP contribution in [0.1, 0.15) is 24.1 Å². The van der Waals surface area contributed by atoms with Crippen molar-refractivity contribution in [2.75, 3.05) is 6.54 Å². The molecule has 0 bridgehead atoms. The molecule has 4 nitrogen and oxygen atoms in total. The Kier molecular flexibility index (Phi) is 2.88. The number of para-hydroxylation sites is 1. The highest BCUT2D eigenvalue weighted by atomic mass is 16.2. The number of aromatic nitrogens is 1. The summed E-state index contributed by atoms with van der Waals surface area (Å²) in [5.41, 5.74) is 4.39. The molecule has 1 aliphatic heterocycles. The number of carbonyl (C=O) groups excluding carboxylic acids is 1. The van der Waals surface area contributed by atoms with E-state index in [1.165, 1.54) is 11.3 Å². The zero-order valence-corrected chi connectivity index (χ0v) is 11.7. The summed E-state index contributed by atoms with van der Waals surface area (Å²) in [6.45, 7) is 1.17. The maximum absolute atomic E-state index is 11.8. The maximum Gasteiger partial charge on any atom is 0.223 e. The molecule has 1 amide bonds. The Balaban J connectivity index is 1.64. The lowest BCUT2D eigenvalue weighted by Gasteiger charge is -2.11. The highest BCUT2D eigenvalue weighted by Crippen LogP contribution is 2.28. The van der Waals surface area contributed by atoms with Crippen LogP contribution in [0, 0.1) is 5.92 Å². The van der Waals surface area contributed by atoms with Crippen LogP contribution in [0.5, 0.6) is 0 Å². The number of amides is 1. The third-order valence-corrected chi connectivity index (χ3v) is 4.11. The molecule has 0 unspecified atom stereocenters. The van der Waals surface area contributed by atoms with Gasteiger partial charge in [0.25, 0.3) is 0 Å². The largest absolute Gasteiger partial charge is 0.350 e. The van der Waals surface area contributed by atoms with Crippen LogP contribution in [0.25, 0.3) is 5.69 Å².